The Morgan fingerprint density at radius 3 is 2.50 bits per heavy atom. The summed E-state index contributed by atoms with van der Waals surface area (Å²) in [4.78, 5) is 29.1. The quantitative estimate of drug-likeness (QED) is 0.578. The second-order valence-corrected chi connectivity index (χ2v) is 8.81. The van der Waals surface area contributed by atoms with Gasteiger partial charge in [-0.05, 0) is 44.9 Å². The van der Waals surface area contributed by atoms with Gasteiger partial charge < -0.3 is 14.7 Å². The average molecular weight is 476 g/mol. The van der Waals surface area contributed by atoms with Crippen LogP contribution in [-0.4, -0.2) is 62.2 Å². The molecule has 180 valence electrons. The van der Waals surface area contributed by atoms with Crippen molar-refractivity contribution in [3.05, 3.63) is 47.8 Å². The lowest BCUT2D eigenvalue weighted by Gasteiger charge is -2.33. The van der Waals surface area contributed by atoms with E-state index in [1.807, 2.05) is 0 Å². The van der Waals surface area contributed by atoms with Gasteiger partial charge in [0.2, 0.25) is 0 Å². The highest BCUT2D eigenvalue weighted by molar-refractivity contribution is 5.89. The Kier molecular flexibility index (Phi) is 6.20. The van der Waals surface area contributed by atoms with Crippen molar-refractivity contribution in [2.75, 3.05) is 19.8 Å². The largest absolute Gasteiger partial charge is 0.478 e. The number of fused-ring (bicyclic) bond motifs is 1. The van der Waals surface area contributed by atoms with E-state index in [4.69, 9.17) is 9.84 Å². The maximum absolute atomic E-state index is 14.4. The molecule has 0 saturated carbocycles. The van der Waals surface area contributed by atoms with Crippen LogP contribution in [0.5, 0.6) is 0 Å². The number of nitrogens with zero attached hydrogens (tertiary/aromatic N) is 4. The molecule has 3 aromatic rings. The molecule has 0 bridgehead atoms. The van der Waals surface area contributed by atoms with Gasteiger partial charge in [-0.3, -0.25) is 9.67 Å². The monoisotopic (exact) mass is 476 g/mol. The van der Waals surface area contributed by atoms with Crippen molar-refractivity contribution in [3.63, 3.8) is 0 Å². The smallest absolute Gasteiger partial charge is 0.410 e. The van der Waals surface area contributed by atoms with Gasteiger partial charge in [0.25, 0.3) is 0 Å². The number of amides is 1. The number of likely N-dealkylation sites (tertiary alicyclic amines) is 1. The number of carbonyl (C=O) groups is 2. The minimum absolute atomic E-state index is 0.0209. The van der Waals surface area contributed by atoms with Crippen molar-refractivity contribution in [2.45, 2.75) is 38.3 Å². The molecule has 1 amide bonds. The topological polar surface area (TPSA) is 97.6 Å². The van der Waals surface area contributed by atoms with Gasteiger partial charge in [0, 0.05) is 24.0 Å². The summed E-state index contributed by atoms with van der Waals surface area (Å²) in [6.45, 7) is 3.08. The van der Waals surface area contributed by atoms with Crippen LogP contribution >= 0.6 is 0 Å². The Morgan fingerprint density at radius 2 is 1.85 bits per heavy atom. The second-order valence-electron chi connectivity index (χ2n) is 8.81. The lowest BCUT2D eigenvalue weighted by molar-refractivity contribution is -0.00552. The summed E-state index contributed by atoms with van der Waals surface area (Å²) in [6, 6.07) is 2.99. The molecule has 3 heterocycles. The molecule has 11 heteroatoms. The molecule has 8 nitrogen and oxygen atoms in total. The van der Waals surface area contributed by atoms with Gasteiger partial charge >= 0.3 is 12.1 Å². The molecule has 1 aliphatic rings. The number of carbonyl (C=O) groups excluding carboxylic acids is 1. The van der Waals surface area contributed by atoms with Gasteiger partial charge in [-0.1, -0.05) is 0 Å². The van der Waals surface area contributed by atoms with Crippen molar-refractivity contribution < 1.29 is 32.6 Å². The summed E-state index contributed by atoms with van der Waals surface area (Å²) in [5, 5.41) is 14.0. The zero-order valence-electron chi connectivity index (χ0n) is 18.6. The zero-order chi connectivity index (χ0) is 24.6. The van der Waals surface area contributed by atoms with E-state index in [2.05, 4.69) is 10.1 Å². The first-order chi connectivity index (χ1) is 16.1. The number of aromatic nitrogens is 3. The summed E-state index contributed by atoms with van der Waals surface area (Å²) in [5.41, 5.74) is -1.25. The number of piperidine rings is 1. The van der Waals surface area contributed by atoms with E-state index in [9.17, 15) is 22.8 Å². The predicted molar refractivity (Wildman–Crippen MR) is 116 cm³/mol. The Hall–Kier alpha value is -3.63. The van der Waals surface area contributed by atoms with Crippen LogP contribution < -0.4 is 0 Å². The highest BCUT2D eigenvalue weighted by Gasteiger charge is 2.30. The van der Waals surface area contributed by atoms with Crippen LogP contribution in [0.4, 0.5) is 18.0 Å². The summed E-state index contributed by atoms with van der Waals surface area (Å²) in [5.74, 6) is -3.51. The number of pyridine rings is 1. The van der Waals surface area contributed by atoms with E-state index < -0.39 is 41.5 Å². The highest BCUT2D eigenvalue weighted by Crippen LogP contribution is 2.30. The van der Waals surface area contributed by atoms with Gasteiger partial charge in [0.1, 0.15) is 23.9 Å². The van der Waals surface area contributed by atoms with E-state index in [1.165, 1.54) is 24.9 Å². The number of carboxylic acid groups (broad SMARTS) is 1. The van der Waals surface area contributed by atoms with Crippen molar-refractivity contribution in [3.8, 4) is 11.3 Å². The molecule has 34 heavy (non-hydrogen) atoms. The third-order valence-corrected chi connectivity index (χ3v) is 5.80. The molecular formula is C23H23F3N4O4. The van der Waals surface area contributed by atoms with Crippen LogP contribution in [0.3, 0.4) is 0 Å². The van der Waals surface area contributed by atoms with Gasteiger partial charge in [-0.25, -0.2) is 22.8 Å². The number of aromatic carboxylic acids is 1. The van der Waals surface area contributed by atoms with E-state index >= 15 is 0 Å². The van der Waals surface area contributed by atoms with Crippen LogP contribution in [-0.2, 0) is 4.74 Å². The molecule has 1 saturated heterocycles. The fourth-order valence-electron chi connectivity index (χ4n) is 3.91. The maximum Gasteiger partial charge on any atom is 0.410 e. The lowest BCUT2D eigenvalue weighted by Crippen LogP contribution is -2.43. The zero-order valence-corrected chi connectivity index (χ0v) is 18.6. The van der Waals surface area contributed by atoms with E-state index in [0.717, 1.165) is 6.07 Å². The summed E-state index contributed by atoms with van der Waals surface area (Å²) < 4.78 is 48.5. The van der Waals surface area contributed by atoms with Gasteiger partial charge in [-0.15, -0.1) is 0 Å². The first-order valence-corrected chi connectivity index (χ1v) is 10.7. The Balaban J connectivity index is 1.51. The molecule has 2 aromatic heterocycles. The molecule has 0 radical (unpaired) electrons. The van der Waals surface area contributed by atoms with Crippen LogP contribution in [0, 0.1) is 11.6 Å². The fraction of sp³-hybridized carbons (Fsp3) is 0.391. The summed E-state index contributed by atoms with van der Waals surface area (Å²) >= 11 is 0. The molecule has 0 atom stereocenters. The third kappa shape index (κ3) is 4.55. The number of alkyl halides is 1. The number of rotatable bonds is 5. The Bertz CT molecular complexity index is 1250. The molecule has 0 aliphatic carbocycles. The molecule has 1 aromatic carbocycles. The number of hydrogen-bond donors (Lipinski definition) is 1. The van der Waals surface area contributed by atoms with Crippen molar-refractivity contribution in [1.82, 2.24) is 19.7 Å². The Morgan fingerprint density at radius 1 is 1.15 bits per heavy atom. The molecular weight excluding hydrogens is 453 g/mol. The van der Waals surface area contributed by atoms with Crippen molar-refractivity contribution >= 4 is 23.0 Å². The fourth-order valence-corrected chi connectivity index (χ4v) is 3.91. The lowest BCUT2D eigenvalue weighted by atomic mass is 10.0. The normalized spacial score (nSPS) is 15.0. The Labute approximate surface area is 192 Å². The van der Waals surface area contributed by atoms with Gasteiger partial charge in [0.15, 0.2) is 0 Å². The van der Waals surface area contributed by atoms with Crippen LogP contribution in [0.15, 0.2) is 30.6 Å². The first-order valence-electron chi connectivity index (χ1n) is 10.7. The predicted octanol–water partition coefficient (Wildman–Crippen LogP) is 4.60. The van der Waals surface area contributed by atoms with Crippen LogP contribution in [0.2, 0.25) is 0 Å². The maximum atomic E-state index is 14.4. The minimum atomic E-state index is -1.56. The van der Waals surface area contributed by atoms with E-state index in [0.29, 0.717) is 42.9 Å². The van der Waals surface area contributed by atoms with Gasteiger partial charge in [-0.2, -0.15) is 5.10 Å². The molecule has 4 rings (SSSR count). The third-order valence-electron chi connectivity index (χ3n) is 5.80. The van der Waals surface area contributed by atoms with Crippen molar-refractivity contribution in [1.29, 1.82) is 0 Å². The summed E-state index contributed by atoms with van der Waals surface area (Å²) in [6.07, 6.45) is 3.73. The molecule has 1 aliphatic heterocycles. The van der Waals surface area contributed by atoms with E-state index in [-0.39, 0.29) is 17.3 Å². The van der Waals surface area contributed by atoms with Crippen LogP contribution in [0.1, 0.15) is 43.1 Å². The number of carboxylic acids is 1. The van der Waals surface area contributed by atoms with Gasteiger partial charge in [0.05, 0.1) is 35.2 Å². The van der Waals surface area contributed by atoms with Crippen LogP contribution in [0.25, 0.3) is 22.2 Å². The van der Waals surface area contributed by atoms with Crippen molar-refractivity contribution in [2.24, 2.45) is 0 Å². The molecule has 0 spiro atoms. The average Bonchev–Trinajstić information content (AvgIpc) is 3.23. The SMILES string of the molecule is CC(C)(CF)OC(=O)N1CCC(n2ncc3cc(-c4cc(F)c(C(=O)O)cc4F)ncc32)CC1. The molecule has 1 N–H and O–H groups in total. The summed E-state index contributed by atoms with van der Waals surface area (Å²) in [7, 11) is 0. The number of benzene rings is 1. The standard InChI is InChI=1S/C23H23F3N4O4/c1-23(2,12-24)34-22(33)29-5-3-14(4-6-29)30-20-11-27-19(7-13(20)10-28-30)15-8-18(26)16(21(31)32)9-17(15)25/h7-11,14H,3-6,12H2,1-2H3,(H,31,32). The number of ether oxygens (including phenoxy) is 1. The minimum Gasteiger partial charge on any atom is -0.478 e. The molecule has 0 unspecified atom stereocenters. The number of hydrogen-bond acceptors (Lipinski definition) is 5. The first kappa shape index (κ1) is 23.5. The van der Waals surface area contributed by atoms with E-state index in [1.54, 1.807) is 16.9 Å². The second kappa shape index (κ2) is 8.96. The number of halogens is 3. The molecule has 1 fully saturated rings. The highest BCUT2D eigenvalue weighted by atomic mass is 19.1.